The van der Waals surface area contributed by atoms with E-state index in [9.17, 15) is 5.11 Å². The molecule has 2 N–H and O–H groups in total. The largest absolute Gasteiger partial charge is 0.497 e. The minimum Gasteiger partial charge on any atom is -0.497 e. The fraction of sp³-hybridized carbons (Fsp3) is 0.333. The Kier molecular flexibility index (Phi) is 3.54. The van der Waals surface area contributed by atoms with E-state index in [4.69, 9.17) is 21.4 Å². The van der Waals surface area contributed by atoms with Crippen molar-refractivity contribution in [3.63, 3.8) is 0 Å². The lowest BCUT2D eigenvalue weighted by Crippen LogP contribution is -2.03. The first-order valence-corrected chi connectivity index (χ1v) is 4.19. The molecule has 13 heavy (non-hydrogen) atoms. The molecular weight excluding hydrogens is 192 g/mol. The second-order valence-corrected chi connectivity index (χ2v) is 2.99. The maximum Gasteiger partial charge on any atom is 0.120 e. The summed E-state index contributed by atoms with van der Waals surface area (Å²) in [4.78, 5) is 0. The van der Waals surface area contributed by atoms with Crippen LogP contribution in [-0.2, 0) is 0 Å². The van der Waals surface area contributed by atoms with Gasteiger partial charge in [-0.3, -0.25) is 0 Å². The SMILES string of the molecule is COc1ccc(C(O)CO)c(Cl)c1. The lowest BCUT2D eigenvalue weighted by Gasteiger charge is -2.10. The molecule has 0 fully saturated rings. The minimum absolute atomic E-state index is 0.341. The summed E-state index contributed by atoms with van der Waals surface area (Å²) in [6.45, 7) is -0.341. The molecule has 0 aliphatic rings. The molecule has 0 spiro atoms. The standard InChI is InChI=1S/C9H11ClO3/c1-13-6-2-3-7(8(10)4-6)9(12)5-11/h2-4,9,11-12H,5H2,1H3. The van der Waals surface area contributed by atoms with Gasteiger partial charge in [0.05, 0.1) is 18.7 Å². The third-order valence-corrected chi connectivity index (χ3v) is 2.07. The van der Waals surface area contributed by atoms with Gasteiger partial charge in [-0.1, -0.05) is 17.7 Å². The van der Waals surface area contributed by atoms with Crippen molar-refractivity contribution in [3.05, 3.63) is 28.8 Å². The molecule has 3 nitrogen and oxygen atoms in total. The van der Waals surface area contributed by atoms with Crippen molar-refractivity contribution >= 4 is 11.6 Å². The summed E-state index contributed by atoms with van der Waals surface area (Å²) in [5.74, 6) is 0.624. The highest BCUT2D eigenvalue weighted by Gasteiger charge is 2.10. The molecule has 0 aliphatic carbocycles. The van der Waals surface area contributed by atoms with Gasteiger partial charge in [0.25, 0.3) is 0 Å². The molecular formula is C9H11ClO3. The zero-order chi connectivity index (χ0) is 9.84. The quantitative estimate of drug-likeness (QED) is 0.779. The number of hydrogen-bond donors (Lipinski definition) is 2. The van der Waals surface area contributed by atoms with Crippen LogP contribution in [0.25, 0.3) is 0 Å². The Morgan fingerprint density at radius 3 is 2.69 bits per heavy atom. The van der Waals surface area contributed by atoms with Crippen LogP contribution in [-0.4, -0.2) is 23.9 Å². The molecule has 4 heteroatoms. The molecule has 0 amide bonds. The van der Waals surface area contributed by atoms with E-state index < -0.39 is 6.10 Å². The van der Waals surface area contributed by atoms with E-state index in [0.717, 1.165) is 0 Å². The summed E-state index contributed by atoms with van der Waals surface area (Å²) in [5.41, 5.74) is 0.505. The van der Waals surface area contributed by atoms with Crippen LogP contribution in [0.2, 0.25) is 5.02 Å². The normalized spacial score (nSPS) is 12.6. The van der Waals surface area contributed by atoms with Crippen molar-refractivity contribution in [2.24, 2.45) is 0 Å². The maximum absolute atomic E-state index is 9.30. The Morgan fingerprint density at radius 2 is 2.23 bits per heavy atom. The van der Waals surface area contributed by atoms with Crippen LogP contribution in [0, 0.1) is 0 Å². The van der Waals surface area contributed by atoms with E-state index in [1.54, 1.807) is 18.2 Å². The summed E-state index contributed by atoms with van der Waals surface area (Å²) >= 11 is 5.83. The van der Waals surface area contributed by atoms with Gasteiger partial charge in [0, 0.05) is 5.56 Å². The zero-order valence-corrected chi connectivity index (χ0v) is 7.95. The van der Waals surface area contributed by atoms with Crippen molar-refractivity contribution < 1.29 is 14.9 Å². The van der Waals surface area contributed by atoms with E-state index in [0.29, 0.717) is 16.3 Å². The van der Waals surface area contributed by atoms with Gasteiger partial charge >= 0.3 is 0 Å². The van der Waals surface area contributed by atoms with Crippen LogP contribution in [0.1, 0.15) is 11.7 Å². The van der Waals surface area contributed by atoms with Crippen LogP contribution in [0.15, 0.2) is 18.2 Å². The highest BCUT2D eigenvalue weighted by Crippen LogP contribution is 2.26. The fourth-order valence-electron chi connectivity index (χ4n) is 1.00. The first-order valence-electron chi connectivity index (χ1n) is 3.81. The number of benzene rings is 1. The average Bonchev–Trinajstić information content (AvgIpc) is 2.16. The van der Waals surface area contributed by atoms with Gasteiger partial charge < -0.3 is 14.9 Å². The summed E-state index contributed by atoms with van der Waals surface area (Å²) < 4.78 is 4.93. The molecule has 0 heterocycles. The maximum atomic E-state index is 9.30. The lowest BCUT2D eigenvalue weighted by molar-refractivity contribution is 0.0956. The molecule has 0 aromatic heterocycles. The second kappa shape index (κ2) is 4.46. The van der Waals surface area contributed by atoms with Gasteiger partial charge in [-0.05, 0) is 12.1 Å². The highest BCUT2D eigenvalue weighted by molar-refractivity contribution is 6.31. The molecule has 0 bridgehead atoms. The van der Waals surface area contributed by atoms with Crippen LogP contribution in [0.3, 0.4) is 0 Å². The van der Waals surface area contributed by atoms with Crippen molar-refractivity contribution in [3.8, 4) is 5.75 Å². The van der Waals surface area contributed by atoms with E-state index in [1.807, 2.05) is 0 Å². The average molecular weight is 203 g/mol. The molecule has 1 rings (SSSR count). The zero-order valence-electron chi connectivity index (χ0n) is 7.20. The smallest absolute Gasteiger partial charge is 0.120 e. The minimum atomic E-state index is -0.932. The van der Waals surface area contributed by atoms with E-state index in [-0.39, 0.29) is 6.61 Å². The first kappa shape index (κ1) is 10.3. The van der Waals surface area contributed by atoms with Gasteiger partial charge in [-0.15, -0.1) is 0 Å². The predicted octanol–water partition coefficient (Wildman–Crippen LogP) is 1.37. The van der Waals surface area contributed by atoms with Gasteiger partial charge in [0.1, 0.15) is 11.9 Å². The van der Waals surface area contributed by atoms with Crippen LogP contribution in [0.4, 0.5) is 0 Å². The van der Waals surface area contributed by atoms with Gasteiger partial charge in [-0.2, -0.15) is 0 Å². The Hall–Kier alpha value is -0.770. The number of rotatable bonds is 3. The van der Waals surface area contributed by atoms with Crippen molar-refractivity contribution in [1.82, 2.24) is 0 Å². The summed E-state index contributed by atoms with van der Waals surface area (Å²) in [7, 11) is 1.54. The van der Waals surface area contributed by atoms with Gasteiger partial charge in [0.2, 0.25) is 0 Å². The fourth-order valence-corrected chi connectivity index (χ4v) is 1.30. The number of hydrogen-bond acceptors (Lipinski definition) is 3. The van der Waals surface area contributed by atoms with Crippen molar-refractivity contribution in [2.45, 2.75) is 6.10 Å². The molecule has 0 saturated carbocycles. The monoisotopic (exact) mass is 202 g/mol. The Bertz CT molecular complexity index is 288. The van der Waals surface area contributed by atoms with Crippen molar-refractivity contribution in [2.75, 3.05) is 13.7 Å². The molecule has 72 valence electrons. The highest BCUT2D eigenvalue weighted by atomic mass is 35.5. The number of aliphatic hydroxyl groups excluding tert-OH is 2. The Labute approximate surface area is 81.5 Å². The summed E-state index contributed by atoms with van der Waals surface area (Å²) in [5, 5.41) is 18.4. The summed E-state index contributed by atoms with van der Waals surface area (Å²) in [6, 6.07) is 4.90. The Morgan fingerprint density at radius 1 is 1.54 bits per heavy atom. The number of methoxy groups -OCH3 is 1. The topological polar surface area (TPSA) is 49.7 Å². The molecule has 1 aromatic carbocycles. The number of aliphatic hydroxyl groups is 2. The van der Waals surface area contributed by atoms with Crippen LogP contribution in [0.5, 0.6) is 5.75 Å². The molecule has 1 unspecified atom stereocenters. The lowest BCUT2D eigenvalue weighted by atomic mass is 10.1. The van der Waals surface area contributed by atoms with Gasteiger partial charge in [-0.25, -0.2) is 0 Å². The van der Waals surface area contributed by atoms with Crippen LogP contribution >= 0.6 is 11.6 Å². The molecule has 1 aromatic rings. The van der Waals surface area contributed by atoms with E-state index in [1.165, 1.54) is 7.11 Å². The molecule has 0 saturated heterocycles. The van der Waals surface area contributed by atoms with Gasteiger partial charge in [0.15, 0.2) is 0 Å². The Balaban J connectivity index is 2.98. The predicted molar refractivity (Wildman–Crippen MR) is 50.0 cm³/mol. The first-order chi connectivity index (χ1) is 6.19. The third kappa shape index (κ3) is 2.34. The molecule has 0 aliphatic heterocycles. The van der Waals surface area contributed by atoms with Crippen LogP contribution < -0.4 is 4.74 Å². The molecule has 0 radical (unpaired) electrons. The number of halogens is 1. The van der Waals surface area contributed by atoms with Crippen molar-refractivity contribution in [1.29, 1.82) is 0 Å². The third-order valence-electron chi connectivity index (χ3n) is 1.74. The second-order valence-electron chi connectivity index (χ2n) is 2.59. The molecule has 1 atom stereocenters. The summed E-state index contributed by atoms with van der Waals surface area (Å²) in [6.07, 6.45) is -0.932. The van der Waals surface area contributed by atoms with E-state index >= 15 is 0 Å². The van der Waals surface area contributed by atoms with E-state index in [2.05, 4.69) is 0 Å². The number of ether oxygens (including phenoxy) is 1.